The first kappa shape index (κ1) is 17.3. The second-order valence-corrected chi connectivity index (χ2v) is 6.15. The van der Waals surface area contributed by atoms with Crippen LogP contribution in [0.5, 0.6) is 0 Å². The molecule has 5 nitrogen and oxygen atoms in total. The van der Waals surface area contributed by atoms with E-state index >= 15 is 0 Å². The largest absolute Gasteiger partial charge is 0.354 e. The highest BCUT2D eigenvalue weighted by atomic mass is 19.1. The normalized spacial score (nSPS) is 13.4. The molecule has 1 amide bonds. The van der Waals surface area contributed by atoms with Gasteiger partial charge >= 0.3 is 0 Å². The van der Waals surface area contributed by atoms with Crippen molar-refractivity contribution in [1.82, 2.24) is 15.1 Å². The van der Waals surface area contributed by atoms with E-state index in [2.05, 4.69) is 10.4 Å². The van der Waals surface area contributed by atoms with Crippen LogP contribution in [0.15, 0.2) is 29.1 Å². The van der Waals surface area contributed by atoms with Crippen LogP contribution in [0, 0.1) is 11.6 Å². The van der Waals surface area contributed by atoms with E-state index in [9.17, 15) is 18.4 Å². The molecule has 0 aliphatic heterocycles. The highest BCUT2D eigenvalue weighted by Gasteiger charge is 2.13. The molecule has 132 valence electrons. The highest BCUT2D eigenvalue weighted by Crippen LogP contribution is 2.16. The van der Waals surface area contributed by atoms with Crippen molar-refractivity contribution in [1.29, 1.82) is 0 Å². The van der Waals surface area contributed by atoms with E-state index in [0.29, 0.717) is 0 Å². The molecule has 2 aromatic rings. The third-order valence-electron chi connectivity index (χ3n) is 4.29. The van der Waals surface area contributed by atoms with Crippen LogP contribution in [-0.4, -0.2) is 22.2 Å². The molecule has 0 saturated carbocycles. The summed E-state index contributed by atoms with van der Waals surface area (Å²) in [5.41, 5.74) is 1.91. The minimum Gasteiger partial charge on any atom is -0.354 e. The van der Waals surface area contributed by atoms with Crippen LogP contribution in [-0.2, 0) is 30.6 Å². The van der Waals surface area contributed by atoms with Gasteiger partial charge in [0, 0.05) is 18.7 Å². The van der Waals surface area contributed by atoms with E-state index in [0.717, 1.165) is 49.1 Å². The van der Waals surface area contributed by atoms with Gasteiger partial charge in [-0.25, -0.2) is 13.5 Å². The lowest BCUT2D eigenvalue weighted by Gasteiger charge is -2.16. The first-order chi connectivity index (χ1) is 12.0. The molecular formula is C18H19F2N3O2. The van der Waals surface area contributed by atoms with Gasteiger partial charge in [-0.05, 0) is 42.9 Å². The maximum Gasteiger partial charge on any atom is 0.267 e. The molecule has 1 aromatic heterocycles. The number of carbonyl (C=O) groups is 1. The summed E-state index contributed by atoms with van der Waals surface area (Å²) in [6.45, 7) is 0.469. The molecule has 0 fully saturated rings. The molecule has 0 unspecified atom stereocenters. The van der Waals surface area contributed by atoms with Gasteiger partial charge in [0.25, 0.3) is 5.56 Å². The summed E-state index contributed by atoms with van der Waals surface area (Å²) in [5.74, 6) is -1.82. The number of amides is 1. The van der Waals surface area contributed by atoms with Crippen LogP contribution < -0.4 is 10.9 Å². The Hall–Kier alpha value is -2.57. The molecule has 1 heterocycles. The van der Waals surface area contributed by atoms with Crippen LogP contribution in [0.25, 0.3) is 0 Å². The number of nitrogens with one attached hydrogen (secondary N) is 1. The molecule has 1 aromatic carbocycles. The standard InChI is InChI=1S/C18H19F2N3O2/c19-14-6-5-12(15(20)11-14)9-17(24)21-7-8-23-18(25)10-13-3-1-2-4-16(13)22-23/h5-6,10-11H,1-4,7-9H2,(H,21,24). The van der Waals surface area contributed by atoms with Gasteiger partial charge in [-0.15, -0.1) is 0 Å². The zero-order valence-electron chi connectivity index (χ0n) is 13.7. The van der Waals surface area contributed by atoms with Crippen molar-refractivity contribution in [3.63, 3.8) is 0 Å². The predicted octanol–water partition coefficient (Wildman–Crippen LogP) is 1.76. The number of benzene rings is 1. The Balaban J connectivity index is 1.56. The van der Waals surface area contributed by atoms with E-state index in [4.69, 9.17) is 0 Å². The van der Waals surface area contributed by atoms with Gasteiger partial charge in [0.2, 0.25) is 5.91 Å². The van der Waals surface area contributed by atoms with Crippen LogP contribution in [0.4, 0.5) is 8.78 Å². The van der Waals surface area contributed by atoms with Crippen LogP contribution >= 0.6 is 0 Å². The molecule has 25 heavy (non-hydrogen) atoms. The van der Waals surface area contributed by atoms with Gasteiger partial charge in [-0.2, -0.15) is 5.10 Å². The Labute approximate surface area is 143 Å². The molecule has 1 aliphatic carbocycles. The Morgan fingerprint density at radius 1 is 1.20 bits per heavy atom. The van der Waals surface area contributed by atoms with E-state index < -0.39 is 17.5 Å². The monoisotopic (exact) mass is 347 g/mol. The summed E-state index contributed by atoms with van der Waals surface area (Å²) in [7, 11) is 0. The van der Waals surface area contributed by atoms with Crippen molar-refractivity contribution in [3.8, 4) is 0 Å². The first-order valence-electron chi connectivity index (χ1n) is 8.33. The number of fused-ring (bicyclic) bond motifs is 1. The third kappa shape index (κ3) is 4.29. The molecule has 0 atom stereocenters. The first-order valence-corrected chi connectivity index (χ1v) is 8.33. The summed E-state index contributed by atoms with van der Waals surface area (Å²) >= 11 is 0. The molecule has 0 radical (unpaired) electrons. The summed E-state index contributed by atoms with van der Waals surface area (Å²) in [5, 5.41) is 7.00. The van der Waals surface area contributed by atoms with E-state index in [1.165, 1.54) is 10.7 Å². The van der Waals surface area contributed by atoms with Gasteiger partial charge in [0.1, 0.15) is 11.6 Å². The quantitative estimate of drug-likeness (QED) is 0.896. The Kier molecular flexibility index (Phi) is 5.21. The number of hydrogen-bond acceptors (Lipinski definition) is 3. The van der Waals surface area contributed by atoms with Crippen LogP contribution in [0.2, 0.25) is 0 Å². The van der Waals surface area contributed by atoms with Crippen molar-refractivity contribution in [2.75, 3.05) is 6.54 Å². The number of rotatable bonds is 5. The SMILES string of the molecule is O=C(Cc1ccc(F)cc1F)NCCn1nc2c(cc1=O)CCCC2. The van der Waals surface area contributed by atoms with Gasteiger partial charge < -0.3 is 5.32 Å². The fraction of sp³-hybridized carbons (Fsp3) is 0.389. The van der Waals surface area contributed by atoms with Crippen molar-refractivity contribution < 1.29 is 13.6 Å². The topological polar surface area (TPSA) is 64.0 Å². The lowest BCUT2D eigenvalue weighted by molar-refractivity contribution is -0.120. The Morgan fingerprint density at radius 2 is 2.00 bits per heavy atom. The molecule has 1 aliphatic rings. The van der Waals surface area contributed by atoms with Crippen LogP contribution in [0.3, 0.4) is 0 Å². The maximum absolute atomic E-state index is 13.5. The zero-order chi connectivity index (χ0) is 17.8. The fourth-order valence-electron chi connectivity index (χ4n) is 2.96. The Bertz CT molecular complexity index is 849. The average Bonchev–Trinajstić information content (AvgIpc) is 2.58. The second-order valence-electron chi connectivity index (χ2n) is 6.15. The van der Waals surface area contributed by atoms with Crippen LogP contribution in [0.1, 0.15) is 29.7 Å². The lowest BCUT2D eigenvalue weighted by atomic mass is 9.97. The molecule has 1 N–H and O–H groups in total. The minimum absolute atomic E-state index is 0.128. The molecule has 0 bridgehead atoms. The van der Waals surface area contributed by atoms with E-state index in [-0.39, 0.29) is 30.6 Å². The summed E-state index contributed by atoms with van der Waals surface area (Å²) in [6, 6.07) is 4.73. The fourth-order valence-corrected chi connectivity index (χ4v) is 2.96. The maximum atomic E-state index is 13.5. The lowest BCUT2D eigenvalue weighted by Crippen LogP contribution is -2.33. The molecule has 0 saturated heterocycles. The number of halogens is 2. The predicted molar refractivity (Wildman–Crippen MR) is 88.2 cm³/mol. The average molecular weight is 347 g/mol. The van der Waals surface area contributed by atoms with Gasteiger partial charge in [0.15, 0.2) is 0 Å². The molecule has 3 rings (SSSR count). The summed E-state index contributed by atoms with van der Waals surface area (Å²) in [6.07, 6.45) is 3.72. The third-order valence-corrected chi connectivity index (χ3v) is 4.29. The number of carbonyl (C=O) groups excluding carboxylic acids is 1. The van der Waals surface area contributed by atoms with E-state index in [1.807, 2.05) is 0 Å². The van der Waals surface area contributed by atoms with Crippen molar-refractivity contribution in [2.45, 2.75) is 38.6 Å². The molecule has 0 spiro atoms. The molecular weight excluding hydrogens is 328 g/mol. The van der Waals surface area contributed by atoms with E-state index in [1.54, 1.807) is 6.07 Å². The second kappa shape index (κ2) is 7.55. The van der Waals surface area contributed by atoms with Gasteiger partial charge in [0.05, 0.1) is 18.7 Å². The molecule has 7 heteroatoms. The number of hydrogen-bond donors (Lipinski definition) is 1. The zero-order valence-corrected chi connectivity index (χ0v) is 13.7. The van der Waals surface area contributed by atoms with Gasteiger partial charge in [-0.1, -0.05) is 6.07 Å². The highest BCUT2D eigenvalue weighted by molar-refractivity contribution is 5.78. The van der Waals surface area contributed by atoms with Gasteiger partial charge in [-0.3, -0.25) is 9.59 Å². The minimum atomic E-state index is -0.747. The smallest absolute Gasteiger partial charge is 0.267 e. The van der Waals surface area contributed by atoms with Crippen molar-refractivity contribution in [2.24, 2.45) is 0 Å². The number of aromatic nitrogens is 2. The van der Waals surface area contributed by atoms with Crippen molar-refractivity contribution in [3.05, 3.63) is 63.1 Å². The summed E-state index contributed by atoms with van der Waals surface area (Å²) < 4.78 is 27.7. The number of nitrogens with zero attached hydrogens (tertiary/aromatic N) is 2. The summed E-state index contributed by atoms with van der Waals surface area (Å²) in [4.78, 5) is 23.9. The van der Waals surface area contributed by atoms with Crippen molar-refractivity contribution >= 4 is 5.91 Å². The number of aryl methyl sites for hydroxylation is 2. The Morgan fingerprint density at radius 3 is 2.80 bits per heavy atom.